The van der Waals surface area contributed by atoms with E-state index in [1.807, 2.05) is 38.1 Å². The topological polar surface area (TPSA) is 74.8 Å². The fourth-order valence-corrected chi connectivity index (χ4v) is 3.72. The fraction of sp³-hybridized carbons (Fsp3) is 0.389. The van der Waals surface area contributed by atoms with Gasteiger partial charge in [-0.3, -0.25) is 9.59 Å². The smallest absolute Gasteiger partial charge is 0.251 e. The molecule has 1 unspecified atom stereocenters. The first-order valence-corrected chi connectivity index (χ1v) is 10.3. The van der Waals surface area contributed by atoms with Crippen molar-refractivity contribution in [2.45, 2.75) is 43.4 Å². The minimum atomic E-state index is -0.322. The van der Waals surface area contributed by atoms with E-state index in [1.54, 1.807) is 11.8 Å². The highest BCUT2D eigenvalue weighted by molar-refractivity contribution is 8.00. The van der Waals surface area contributed by atoms with Crippen LogP contribution in [0.3, 0.4) is 0 Å². The number of hydrogen-bond acceptors (Lipinski definition) is 5. The van der Waals surface area contributed by atoms with Crippen LogP contribution in [-0.4, -0.2) is 26.9 Å². The Morgan fingerprint density at radius 3 is 2.80 bits per heavy atom. The molecule has 1 aromatic carbocycles. The van der Waals surface area contributed by atoms with Gasteiger partial charge in [-0.05, 0) is 36.8 Å². The highest BCUT2D eigenvalue weighted by Gasteiger charge is 2.19. The van der Waals surface area contributed by atoms with Gasteiger partial charge in [-0.1, -0.05) is 37.7 Å². The molecule has 0 aliphatic carbocycles. The first-order chi connectivity index (χ1) is 12.0. The minimum absolute atomic E-state index is 0.0888. The summed E-state index contributed by atoms with van der Waals surface area (Å²) in [6.45, 7) is 5.99. The van der Waals surface area contributed by atoms with Crippen LogP contribution in [0.15, 0.2) is 40.3 Å². The number of aryl methyl sites for hydroxylation is 1. The van der Waals surface area contributed by atoms with Gasteiger partial charge in [0.25, 0.3) is 5.56 Å². The van der Waals surface area contributed by atoms with Crippen LogP contribution < -0.4 is 10.9 Å². The lowest BCUT2D eigenvalue weighted by Gasteiger charge is -2.14. The van der Waals surface area contributed by atoms with E-state index < -0.39 is 0 Å². The van der Waals surface area contributed by atoms with Gasteiger partial charge in [-0.15, -0.1) is 0 Å². The highest BCUT2D eigenvalue weighted by Crippen LogP contribution is 2.23. The highest BCUT2D eigenvalue weighted by atomic mass is 32.2. The predicted octanol–water partition coefficient (Wildman–Crippen LogP) is 3.84. The number of hydrogen-bond donors (Lipinski definition) is 2. The largest absolute Gasteiger partial charge is 0.325 e. The lowest BCUT2D eigenvalue weighted by molar-refractivity contribution is -0.115. The third kappa shape index (κ3) is 6.25. The molecule has 2 N–H and O–H groups in total. The quantitative estimate of drug-likeness (QED) is 0.540. The molecule has 0 aliphatic rings. The monoisotopic (exact) mass is 377 g/mol. The lowest BCUT2D eigenvalue weighted by atomic mass is 10.2. The molecular formula is C18H23N3O2S2. The molecule has 7 heteroatoms. The maximum Gasteiger partial charge on any atom is 0.251 e. The summed E-state index contributed by atoms with van der Waals surface area (Å²) in [5, 5.41) is 3.10. The molecule has 134 valence electrons. The maximum absolute atomic E-state index is 12.5. The Morgan fingerprint density at radius 2 is 2.12 bits per heavy atom. The lowest BCUT2D eigenvalue weighted by Crippen LogP contribution is -2.25. The Morgan fingerprint density at radius 1 is 1.32 bits per heavy atom. The second-order valence-electron chi connectivity index (χ2n) is 5.55. The Balaban J connectivity index is 2.09. The number of aromatic amines is 1. The Bertz CT molecular complexity index is 777. The molecule has 25 heavy (non-hydrogen) atoms. The molecule has 1 aromatic heterocycles. The molecule has 0 spiro atoms. The molecular weight excluding hydrogens is 354 g/mol. The normalized spacial score (nSPS) is 12.0. The molecule has 0 radical (unpaired) electrons. The molecule has 0 saturated carbocycles. The third-order valence-electron chi connectivity index (χ3n) is 3.43. The summed E-state index contributed by atoms with van der Waals surface area (Å²) in [5.41, 5.74) is 2.43. The van der Waals surface area contributed by atoms with Crippen LogP contribution in [0.2, 0.25) is 0 Å². The van der Waals surface area contributed by atoms with Gasteiger partial charge < -0.3 is 10.3 Å². The molecule has 2 rings (SSSR count). The van der Waals surface area contributed by atoms with Gasteiger partial charge >= 0.3 is 0 Å². The molecule has 1 heterocycles. The molecule has 0 bridgehead atoms. The fourth-order valence-electron chi connectivity index (χ4n) is 2.22. The Hall–Kier alpha value is -1.73. The van der Waals surface area contributed by atoms with Crippen molar-refractivity contribution in [1.82, 2.24) is 9.97 Å². The van der Waals surface area contributed by atoms with Crippen LogP contribution in [0.4, 0.5) is 5.69 Å². The van der Waals surface area contributed by atoms with Crippen molar-refractivity contribution in [2.24, 2.45) is 0 Å². The van der Waals surface area contributed by atoms with E-state index in [1.165, 1.54) is 17.8 Å². The summed E-state index contributed by atoms with van der Waals surface area (Å²) >= 11 is 3.00. The van der Waals surface area contributed by atoms with Crippen molar-refractivity contribution in [2.75, 3.05) is 11.1 Å². The van der Waals surface area contributed by atoms with Crippen molar-refractivity contribution < 1.29 is 4.79 Å². The number of carbonyl (C=O) groups excluding carboxylic acids is 1. The first kappa shape index (κ1) is 19.6. The van der Waals surface area contributed by atoms with E-state index in [-0.39, 0.29) is 16.7 Å². The average Bonchev–Trinajstić information content (AvgIpc) is 2.57. The van der Waals surface area contributed by atoms with Gasteiger partial charge in [-0.2, -0.15) is 11.8 Å². The summed E-state index contributed by atoms with van der Waals surface area (Å²) in [6, 6.07) is 9.20. The van der Waals surface area contributed by atoms with Crippen LogP contribution in [-0.2, 0) is 10.5 Å². The molecule has 2 aromatic rings. The molecule has 0 fully saturated rings. The predicted molar refractivity (Wildman–Crippen MR) is 106 cm³/mol. The number of amides is 1. The van der Waals surface area contributed by atoms with E-state index >= 15 is 0 Å². The number of H-pyrrole nitrogens is 1. The zero-order valence-electron chi connectivity index (χ0n) is 14.7. The van der Waals surface area contributed by atoms with Crippen LogP contribution in [0, 0.1) is 6.92 Å². The number of benzene rings is 1. The zero-order valence-corrected chi connectivity index (χ0v) is 16.3. The second-order valence-corrected chi connectivity index (χ2v) is 8.02. The molecule has 0 saturated heterocycles. The summed E-state index contributed by atoms with van der Waals surface area (Å²) in [7, 11) is 0. The van der Waals surface area contributed by atoms with Crippen molar-refractivity contribution in [3.8, 4) is 0 Å². The van der Waals surface area contributed by atoms with Crippen molar-refractivity contribution in [3.05, 3.63) is 51.9 Å². The molecule has 5 nitrogen and oxygen atoms in total. The van der Waals surface area contributed by atoms with Crippen LogP contribution >= 0.6 is 23.5 Å². The van der Waals surface area contributed by atoms with Gasteiger partial charge in [0.15, 0.2) is 5.16 Å². The van der Waals surface area contributed by atoms with Gasteiger partial charge in [0.2, 0.25) is 5.91 Å². The van der Waals surface area contributed by atoms with E-state index in [0.29, 0.717) is 17.3 Å². The summed E-state index contributed by atoms with van der Waals surface area (Å²) in [5.74, 6) is 1.57. The van der Waals surface area contributed by atoms with Gasteiger partial charge in [0.1, 0.15) is 0 Å². The number of anilines is 1. The standard InChI is InChI=1S/C18H23N3O2S2/c1-4-15(17(23)19-13-8-6-7-12(3)9-13)25-18-20-14(11-24-5-2)10-16(22)21-18/h6-10,15H,4-5,11H2,1-3H3,(H,19,23)(H,20,21,22). The number of nitrogens with one attached hydrogen (secondary N) is 2. The second kappa shape index (κ2) is 9.68. The molecule has 1 atom stereocenters. The van der Waals surface area contributed by atoms with Gasteiger partial charge in [-0.25, -0.2) is 4.98 Å². The number of aromatic nitrogens is 2. The van der Waals surface area contributed by atoms with E-state index in [9.17, 15) is 9.59 Å². The van der Waals surface area contributed by atoms with E-state index in [4.69, 9.17) is 0 Å². The SMILES string of the molecule is CCSCc1cc(=O)[nH]c(SC(CC)C(=O)Nc2cccc(C)c2)n1. The summed E-state index contributed by atoms with van der Waals surface area (Å²) in [4.78, 5) is 31.6. The minimum Gasteiger partial charge on any atom is -0.325 e. The first-order valence-electron chi connectivity index (χ1n) is 8.24. The van der Waals surface area contributed by atoms with Crippen LogP contribution in [0.25, 0.3) is 0 Å². The van der Waals surface area contributed by atoms with Crippen molar-refractivity contribution >= 4 is 35.1 Å². The number of carbonyl (C=O) groups is 1. The van der Waals surface area contributed by atoms with E-state index in [0.717, 1.165) is 22.7 Å². The third-order valence-corrected chi connectivity index (χ3v) is 5.59. The van der Waals surface area contributed by atoms with Crippen molar-refractivity contribution in [3.63, 3.8) is 0 Å². The molecule has 0 aliphatic heterocycles. The van der Waals surface area contributed by atoms with Crippen LogP contribution in [0.5, 0.6) is 0 Å². The Labute approximate surface area is 156 Å². The maximum atomic E-state index is 12.5. The van der Waals surface area contributed by atoms with Crippen LogP contribution in [0.1, 0.15) is 31.5 Å². The summed E-state index contributed by atoms with van der Waals surface area (Å²) in [6.07, 6.45) is 0.639. The van der Waals surface area contributed by atoms with E-state index in [2.05, 4.69) is 22.2 Å². The average molecular weight is 378 g/mol. The molecule has 1 amide bonds. The Kier molecular flexibility index (Phi) is 7.58. The van der Waals surface area contributed by atoms with Gasteiger partial charge in [0, 0.05) is 17.5 Å². The van der Waals surface area contributed by atoms with Crippen molar-refractivity contribution in [1.29, 1.82) is 0 Å². The number of rotatable bonds is 8. The van der Waals surface area contributed by atoms with Gasteiger partial charge in [0.05, 0.1) is 10.9 Å². The summed E-state index contributed by atoms with van der Waals surface area (Å²) < 4.78 is 0. The number of thioether (sulfide) groups is 2. The zero-order chi connectivity index (χ0) is 18.2. The number of nitrogens with zero attached hydrogens (tertiary/aromatic N) is 1.